The van der Waals surface area contributed by atoms with Crippen LogP contribution in [0.4, 0.5) is 0 Å². The average molecular weight is 338 g/mol. The highest BCUT2D eigenvalue weighted by Gasteiger charge is 2.35. The number of carbonyl (C=O) groups excluding carboxylic acids is 1. The fraction of sp³-hybridized carbons (Fsp3) is 0.765. The molecule has 2 aliphatic heterocycles. The standard InChI is InChI=1S/C17H26N2O3S/c1-17(2,3)14-11-23-15(18-14)12-6-4-5-7-19(12)16(20)13-10-21-8-9-22-13/h11-13H,4-10H2,1-3H3/t12-,13-/m0/s1. The van der Waals surface area contributed by atoms with Crippen LogP contribution in [0.3, 0.4) is 0 Å². The molecule has 0 bridgehead atoms. The van der Waals surface area contributed by atoms with Gasteiger partial charge in [0.25, 0.3) is 5.91 Å². The molecule has 0 aliphatic carbocycles. The third-order valence-electron chi connectivity index (χ3n) is 4.45. The van der Waals surface area contributed by atoms with Crippen LogP contribution in [0, 0.1) is 0 Å². The Morgan fingerprint density at radius 2 is 2.17 bits per heavy atom. The minimum Gasteiger partial charge on any atom is -0.376 e. The molecule has 128 valence electrons. The lowest BCUT2D eigenvalue weighted by Crippen LogP contribution is -2.48. The van der Waals surface area contributed by atoms with Gasteiger partial charge in [0, 0.05) is 17.3 Å². The van der Waals surface area contributed by atoms with Crippen LogP contribution < -0.4 is 0 Å². The third-order valence-corrected chi connectivity index (χ3v) is 5.40. The van der Waals surface area contributed by atoms with Crippen LogP contribution >= 0.6 is 11.3 Å². The molecule has 0 spiro atoms. The molecule has 1 aromatic heterocycles. The maximum absolute atomic E-state index is 12.8. The molecule has 0 unspecified atom stereocenters. The van der Waals surface area contributed by atoms with Crippen molar-refractivity contribution in [3.63, 3.8) is 0 Å². The molecule has 1 amide bonds. The van der Waals surface area contributed by atoms with E-state index in [1.54, 1.807) is 11.3 Å². The molecule has 0 saturated carbocycles. The summed E-state index contributed by atoms with van der Waals surface area (Å²) in [5.41, 5.74) is 1.14. The van der Waals surface area contributed by atoms with E-state index >= 15 is 0 Å². The monoisotopic (exact) mass is 338 g/mol. The van der Waals surface area contributed by atoms with Crippen LogP contribution in [-0.2, 0) is 19.7 Å². The highest BCUT2D eigenvalue weighted by Crippen LogP contribution is 2.35. The summed E-state index contributed by atoms with van der Waals surface area (Å²) in [6, 6.07) is 0.0860. The number of hydrogen-bond donors (Lipinski definition) is 0. The summed E-state index contributed by atoms with van der Waals surface area (Å²) in [5.74, 6) is 0.0573. The molecular weight excluding hydrogens is 312 g/mol. The Balaban J connectivity index is 1.78. The van der Waals surface area contributed by atoms with Gasteiger partial charge in [-0.25, -0.2) is 4.98 Å². The van der Waals surface area contributed by atoms with Crippen molar-refractivity contribution in [1.82, 2.24) is 9.88 Å². The van der Waals surface area contributed by atoms with Gasteiger partial charge >= 0.3 is 0 Å². The number of likely N-dealkylation sites (tertiary alicyclic amines) is 1. The summed E-state index contributed by atoms with van der Waals surface area (Å²) in [5, 5.41) is 3.19. The fourth-order valence-corrected chi connectivity index (χ4v) is 4.24. The number of aromatic nitrogens is 1. The molecule has 3 heterocycles. The normalized spacial score (nSPS) is 26.3. The first-order valence-electron chi connectivity index (χ1n) is 8.42. The number of amides is 1. The van der Waals surface area contributed by atoms with Gasteiger partial charge in [0.2, 0.25) is 0 Å². The van der Waals surface area contributed by atoms with E-state index in [1.807, 2.05) is 4.90 Å². The highest BCUT2D eigenvalue weighted by atomic mass is 32.1. The third kappa shape index (κ3) is 3.75. The molecule has 2 saturated heterocycles. The van der Waals surface area contributed by atoms with Crippen molar-refractivity contribution in [1.29, 1.82) is 0 Å². The second-order valence-electron chi connectivity index (χ2n) is 7.30. The number of rotatable bonds is 2. The van der Waals surface area contributed by atoms with E-state index in [1.165, 1.54) is 0 Å². The Morgan fingerprint density at radius 3 is 2.83 bits per heavy atom. The lowest BCUT2D eigenvalue weighted by atomic mass is 9.93. The molecule has 23 heavy (non-hydrogen) atoms. The largest absolute Gasteiger partial charge is 0.376 e. The molecule has 2 atom stereocenters. The first-order valence-corrected chi connectivity index (χ1v) is 9.30. The zero-order valence-corrected chi connectivity index (χ0v) is 15.0. The maximum atomic E-state index is 12.8. The van der Waals surface area contributed by atoms with Crippen LogP contribution in [0.2, 0.25) is 0 Å². The van der Waals surface area contributed by atoms with E-state index in [2.05, 4.69) is 26.2 Å². The number of nitrogens with zero attached hydrogens (tertiary/aromatic N) is 2. The Bertz CT molecular complexity index is 546. The Morgan fingerprint density at radius 1 is 1.35 bits per heavy atom. The first-order chi connectivity index (χ1) is 11.0. The number of carbonyl (C=O) groups is 1. The van der Waals surface area contributed by atoms with Gasteiger partial charge in [-0.05, 0) is 19.3 Å². The topological polar surface area (TPSA) is 51.7 Å². The van der Waals surface area contributed by atoms with E-state index in [0.29, 0.717) is 19.8 Å². The minimum absolute atomic E-state index is 0.0403. The van der Waals surface area contributed by atoms with Crippen molar-refractivity contribution in [2.24, 2.45) is 0 Å². The molecule has 1 aromatic rings. The Kier molecular flexibility index (Phi) is 5.04. The van der Waals surface area contributed by atoms with Crippen LogP contribution in [-0.4, -0.2) is 48.3 Å². The van der Waals surface area contributed by atoms with Gasteiger partial charge < -0.3 is 14.4 Å². The summed E-state index contributed by atoms with van der Waals surface area (Å²) >= 11 is 1.67. The van der Waals surface area contributed by atoms with E-state index in [4.69, 9.17) is 14.5 Å². The lowest BCUT2D eigenvalue weighted by molar-refractivity contribution is -0.161. The summed E-state index contributed by atoms with van der Waals surface area (Å²) in [7, 11) is 0. The van der Waals surface area contributed by atoms with Crippen LogP contribution in [0.25, 0.3) is 0 Å². The molecule has 0 N–H and O–H groups in total. The number of thiazole rings is 1. The second-order valence-corrected chi connectivity index (χ2v) is 8.19. The van der Waals surface area contributed by atoms with E-state index < -0.39 is 6.10 Å². The van der Waals surface area contributed by atoms with Gasteiger partial charge in [-0.1, -0.05) is 20.8 Å². The maximum Gasteiger partial charge on any atom is 0.254 e. The number of ether oxygens (including phenoxy) is 2. The van der Waals surface area contributed by atoms with E-state index in [-0.39, 0.29) is 17.4 Å². The zero-order chi connectivity index (χ0) is 16.4. The first kappa shape index (κ1) is 16.9. The van der Waals surface area contributed by atoms with Crippen LogP contribution in [0.1, 0.15) is 56.8 Å². The number of hydrogen-bond acceptors (Lipinski definition) is 5. The smallest absolute Gasteiger partial charge is 0.254 e. The zero-order valence-electron chi connectivity index (χ0n) is 14.2. The molecule has 0 aromatic carbocycles. The minimum atomic E-state index is -0.452. The Hall–Kier alpha value is -0.980. The second kappa shape index (κ2) is 6.87. The van der Waals surface area contributed by atoms with Gasteiger partial charge in [0.05, 0.1) is 31.6 Å². The van der Waals surface area contributed by atoms with Crippen molar-refractivity contribution >= 4 is 17.2 Å². The predicted octanol–water partition coefficient (Wildman–Crippen LogP) is 2.91. The van der Waals surface area contributed by atoms with Gasteiger partial charge in [-0.3, -0.25) is 4.79 Å². The van der Waals surface area contributed by atoms with Crippen molar-refractivity contribution in [2.45, 2.75) is 57.6 Å². The summed E-state index contributed by atoms with van der Waals surface area (Å²) < 4.78 is 11.0. The van der Waals surface area contributed by atoms with Gasteiger partial charge in [-0.15, -0.1) is 11.3 Å². The molecular formula is C17H26N2O3S. The van der Waals surface area contributed by atoms with Crippen molar-refractivity contribution in [3.8, 4) is 0 Å². The van der Waals surface area contributed by atoms with Gasteiger partial charge in [0.1, 0.15) is 5.01 Å². The van der Waals surface area contributed by atoms with Crippen LogP contribution in [0.5, 0.6) is 0 Å². The van der Waals surface area contributed by atoms with Crippen molar-refractivity contribution in [2.75, 3.05) is 26.4 Å². The summed E-state index contributed by atoms with van der Waals surface area (Å²) in [6.45, 7) is 8.74. The number of piperidine rings is 1. The Labute approximate surface area is 142 Å². The van der Waals surface area contributed by atoms with Crippen LogP contribution in [0.15, 0.2) is 5.38 Å². The molecule has 5 nitrogen and oxygen atoms in total. The SMILES string of the molecule is CC(C)(C)c1csc([C@@H]2CCCCN2C(=O)[C@@H]2COCCO2)n1. The quantitative estimate of drug-likeness (QED) is 0.832. The summed E-state index contributed by atoms with van der Waals surface area (Å²) in [4.78, 5) is 19.6. The molecule has 0 radical (unpaired) electrons. The summed E-state index contributed by atoms with van der Waals surface area (Å²) in [6.07, 6.45) is 2.72. The molecule has 6 heteroatoms. The van der Waals surface area contributed by atoms with Crippen molar-refractivity contribution < 1.29 is 14.3 Å². The molecule has 2 fully saturated rings. The fourth-order valence-electron chi connectivity index (χ4n) is 3.05. The van der Waals surface area contributed by atoms with Gasteiger partial charge in [-0.2, -0.15) is 0 Å². The predicted molar refractivity (Wildman–Crippen MR) is 89.7 cm³/mol. The lowest BCUT2D eigenvalue weighted by Gasteiger charge is -2.37. The van der Waals surface area contributed by atoms with E-state index in [9.17, 15) is 4.79 Å². The molecule has 3 rings (SSSR count). The molecule has 2 aliphatic rings. The highest BCUT2D eigenvalue weighted by molar-refractivity contribution is 7.09. The van der Waals surface area contributed by atoms with E-state index in [0.717, 1.165) is 36.5 Å². The van der Waals surface area contributed by atoms with Crippen molar-refractivity contribution in [3.05, 3.63) is 16.1 Å². The van der Waals surface area contributed by atoms with Gasteiger partial charge in [0.15, 0.2) is 6.10 Å². The average Bonchev–Trinajstić information content (AvgIpc) is 3.05.